The van der Waals surface area contributed by atoms with Crippen LogP contribution in [0.5, 0.6) is 0 Å². The minimum atomic E-state index is -0.892. The number of nitrogens with zero attached hydrogens (tertiary/aromatic N) is 1. The Morgan fingerprint density at radius 1 is 1.17 bits per heavy atom. The van der Waals surface area contributed by atoms with E-state index in [1.807, 2.05) is 30.6 Å². The van der Waals surface area contributed by atoms with Crippen LogP contribution in [0.1, 0.15) is 38.5 Å². The van der Waals surface area contributed by atoms with E-state index in [2.05, 4.69) is 67.0 Å². The number of halogens is 1. The molecule has 2 N–H and O–H groups in total. The first kappa shape index (κ1) is 21.7. The Morgan fingerprint density at radius 2 is 1.93 bits per heavy atom. The van der Waals surface area contributed by atoms with Gasteiger partial charge >= 0.3 is 0 Å². The smallest absolute Gasteiger partial charge is 0.0798 e. The fraction of sp³-hybridized carbons (Fsp3) is 0.333. The number of aliphatic hydroxyl groups is 1. The van der Waals surface area contributed by atoms with Gasteiger partial charge in [-0.3, -0.25) is 5.01 Å². The van der Waals surface area contributed by atoms with Crippen molar-refractivity contribution in [3.63, 3.8) is 0 Å². The zero-order valence-electron chi connectivity index (χ0n) is 17.5. The van der Waals surface area contributed by atoms with Crippen molar-refractivity contribution >= 4 is 40.4 Å². The summed E-state index contributed by atoms with van der Waals surface area (Å²) in [4.78, 5) is 3.67. The lowest BCUT2D eigenvalue weighted by Gasteiger charge is -2.31. The molecule has 0 bridgehead atoms. The molecule has 0 fully saturated rings. The van der Waals surface area contributed by atoms with E-state index in [9.17, 15) is 5.11 Å². The van der Waals surface area contributed by atoms with Crippen molar-refractivity contribution in [3.8, 4) is 10.4 Å². The molecular weight excluding hydrogens is 432 g/mol. The van der Waals surface area contributed by atoms with Crippen molar-refractivity contribution in [2.24, 2.45) is 0 Å². The molecule has 0 saturated heterocycles. The summed E-state index contributed by atoms with van der Waals surface area (Å²) in [5.74, 6) is 1.06. The second kappa shape index (κ2) is 8.93. The lowest BCUT2D eigenvalue weighted by atomic mass is 9.99. The van der Waals surface area contributed by atoms with Crippen molar-refractivity contribution in [2.45, 2.75) is 50.2 Å². The van der Waals surface area contributed by atoms with Gasteiger partial charge in [-0.25, -0.2) is 5.43 Å². The van der Waals surface area contributed by atoms with Crippen LogP contribution in [0, 0.1) is 0 Å². The normalized spacial score (nSPS) is 19.6. The van der Waals surface area contributed by atoms with Crippen LogP contribution in [0.25, 0.3) is 16.1 Å². The summed E-state index contributed by atoms with van der Waals surface area (Å²) in [7, 11) is 0. The van der Waals surface area contributed by atoms with Gasteiger partial charge in [0.2, 0.25) is 0 Å². The Kier molecular flexibility index (Phi) is 6.47. The van der Waals surface area contributed by atoms with E-state index in [1.54, 1.807) is 11.3 Å². The minimum Gasteiger partial charge on any atom is -0.388 e. The maximum atomic E-state index is 10.6. The zero-order valence-corrected chi connectivity index (χ0v) is 19.9. The van der Waals surface area contributed by atoms with Crippen molar-refractivity contribution in [1.29, 1.82) is 0 Å². The molecule has 2 aromatic rings. The van der Waals surface area contributed by atoms with Crippen LogP contribution in [0.3, 0.4) is 0 Å². The Labute approximate surface area is 192 Å². The van der Waals surface area contributed by atoms with Gasteiger partial charge in [0.15, 0.2) is 0 Å². The Bertz CT molecular complexity index is 1020. The molecule has 158 valence electrons. The lowest BCUT2D eigenvalue weighted by Crippen LogP contribution is -2.47. The summed E-state index contributed by atoms with van der Waals surface area (Å²) in [6.45, 7) is 5.82. The highest BCUT2D eigenvalue weighted by Gasteiger charge is 2.36. The molecule has 3 nitrogen and oxygen atoms in total. The van der Waals surface area contributed by atoms with E-state index in [0.29, 0.717) is 0 Å². The molecule has 1 unspecified atom stereocenters. The largest absolute Gasteiger partial charge is 0.388 e. The molecule has 1 aromatic carbocycles. The SMILES string of the molecule is CCSc1cccc(-c2ccc(C3=CC(C(C)(C)O)NN3C3=CCCC=C3Cl)s2)c1. The molecule has 2 heterocycles. The molecule has 1 aromatic heterocycles. The van der Waals surface area contributed by atoms with Crippen molar-refractivity contribution in [3.05, 3.63) is 70.2 Å². The molecule has 1 aliphatic carbocycles. The first-order valence-corrected chi connectivity index (χ1v) is 12.4. The fourth-order valence-electron chi connectivity index (χ4n) is 3.60. The molecule has 30 heavy (non-hydrogen) atoms. The molecule has 0 radical (unpaired) electrons. The summed E-state index contributed by atoms with van der Waals surface area (Å²) < 4.78 is 0. The van der Waals surface area contributed by atoms with Gasteiger partial charge in [-0.15, -0.1) is 23.1 Å². The number of nitrogens with one attached hydrogen (secondary N) is 1. The molecular formula is C24H27ClN2OS2. The van der Waals surface area contributed by atoms with Crippen LogP contribution in [0.4, 0.5) is 0 Å². The molecule has 1 atom stereocenters. The molecule has 0 amide bonds. The number of allylic oxidation sites excluding steroid dienone is 3. The maximum absolute atomic E-state index is 10.6. The number of thiophene rings is 1. The average Bonchev–Trinajstić information content (AvgIpc) is 3.36. The maximum Gasteiger partial charge on any atom is 0.0798 e. The third kappa shape index (κ3) is 4.56. The van der Waals surface area contributed by atoms with E-state index in [1.165, 1.54) is 15.3 Å². The highest BCUT2D eigenvalue weighted by Crippen LogP contribution is 2.40. The standard InChI is InChI=1S/C24H27ClN2OS2/c1-4-29-17-9-7-8-16(14-17)21-12-13-22(30-21)20-15-23(24(2,3)28)26-27(20)19-11-6-5-10-18(19)25/h7-15,23,26,28H,4-6H2,1-3H3. The van der Waals surface area contributed by atoms with Gasteiger partial charge in [-0.2, -0.15) is 0 Å². The molecule has 0 spiro atoms. The van der Waals surface area contributed by atoms with Crippen molar-refractivity contribution < 1.29 is 5.11 Å². The van der Waals surface area contributed by atoms with Gasteiger partial charge in [0.25, 0.3) is 0 Å². The number of hydrazine groups is 1. The van der Waals surface area contributed by atoms with Crippen molar-refractivity contribution in [1.82, 2.24) is 10.4 Å². The minimum absolute atomic E-state index is 0.199. The van der Waals surface area contributed by atoms with Crippen LogP contribution < -0.4 is 5.43 Å². The van der Waals surface area contributed by atoms with Crippen LogP contribution in [0.2, 0.25) is 0 Å². The molecule has 0 saturated carbocycles. The topological polar surface area (TPSA) is 35.5 Å². The predicted molar refractivity (Wildman–Crippen MR) is 130 cm³/mol. The van der Waals surface area contributed by atoms with E-state index in [4.69, 9.17) is 11.6 Å². The third-order valence-corrected chi connectivity index (χ3v) is 7.58. The van der Waals surface area contributed by atoms with Crippen LogP contribution in [-0.2, 0) is 0 Å². The highest BCUT2D eigenvalue weighted by atomic mass is 35.5. The Hall–Kier alpha value is -1.50. The number of hydrogen-bond acceptors (Lipinski definition) is 5. The van der Waals surface area contributed by atoms with Gasteiger partial charge < -0.3 is 5.11 Å². The third-order valence-electron chi connectivity index (χ3n) is 5.20. The quantitative estimate of drug-likeness (QED) is 0.476. The summed E-state index contributed by atoms with van der Waals surface area (Å²) in [5, 5.41) is 13.4. The number of hydrogen-bond donors (Lipinski definition) is 2. The zero-order chi connectivity index (χ0) is 21.3. The summed E-state index contributed by atoms with van der Waals surface area (Å²) in [6, 6.07) is 12.8. The van der Waals surface area contributed by atoms with E-state index < -0.39 is 5.60 Å². The van der Waals surface area contributed by atoms with E-state index in [-0.39, 0.29) is 6.04 Å². The first-order chi connectivity index (χ1) is 14.4. The van der Waals surface area contributed by atoms with Crippen LogP contribution >= 0.6 is 34.7 Å². The average molecular weight is 459 g/mol. The second-order valence-corrected chi connectivity index (χ2v) is 10.8. The first-order valence-electron chi connectivity index (χ1n) is 10.3. The molecule has 2 aliphatic rings. The van der Waals surface area contributed by atoms with Crippen LogP contribution in [-0.4, -0.2) is 27.5 Å². The van der Waals surface area contributed by atoms with Gasteiger partial charge in [0.05, 0.1) is 32.9 Å². The summed E-state index contributed by atoms with van der Waals surface area (Å²) in [6.07, 6.45) is 8.25. The van der Waals surface area contributed by atoms with Gasteiger partial charge in [-0.05, 0) is 68.3 Å². The Morgan fingerprint density at radius 3 is 2.67 bits per heavy atom. The molecule has 1 aliphatic heterocycles. The highest BCUT2D eigenvalue weighted by molar-refractivity contribution is 7.99. The summed E-state index contributed by atoms with van der Waals surface area (Å²) >= 11 is 10.2. The monoisotopic (exact) mass is 458 g/mol. The lowest BCUT2D eigenvalue weighted by molar-refractivity contribution is 0.0441. The van der Waals surface area contributed by atoms with Crippen LogP contribution in [0.15, 0.2) is 70.3 Å². The Balaban J connectivity index is 1.69. The number of rotatable bonds is 6. The fourth-order valence-corrected chi connectivity index (χ4v) is 5.61. The van der Waals surface area contributed by atoms with Gasteiger partial charge in [-0.1, -0.05) is 42.8 Å². The number of thioether (sulfide) groups is 1. The van der Waals surface area contributed by atoms with Crippen molar-refractivity contribution in [2.75, 3.05) is 5.75 Å². The van der Waals surface area contributed by atoms with Gasteiger partial charge in [0.1, 0.15) is 0 Å². The predicted octanol–water partition coefficient (Wildman–Crippen LogP) is 6.63. The molecule has 4 rings (SSSR count). The number of benzene rings is 1. The van der Waals surface area contributed by atoms with E-state index in [0.717, 1.165) is 39.9 Å². The second-order valence-electron chi connectivity index (χ2n) is 7.99. The molecule has 6 heteroatoms. The van der Waals surface area contributed by atoms with Gasteiger partial charge in [0, 0.05) is 9.77 Å². The van der Waals surface area contributed by atoms with E-state index >= 15 is 0 Å². The summed E-state index contributed by atoms with van der Waals surface area (Å²) in [5.41, 5.74) is 5.79.